The Morgan fingerprint density at radius 2 is 1.61 bits per heavy atom. The Labute approximate surface area is 246 Å². The Morgan fingerprint density at radius 3 is 2.29 bits per heavy atom. The van der Waals surface area contributed by atoms with E-state index in [2.05, 4.69) is 10.2 Å². The molecule has 9 nitrogen and oxygen atoms in total. The van der Waals surface area contributed by atoms with Gasteiger partial charge in [0.2, 0.25) is 11.8 Å². The third-order valence-electron chi connectivity index (χ3n) is 8.90. The lowest BCUT2D eigenvalue weighted by atomic mass is 9.94. The number of nitrogens with one attached hydrogen (secondary N) is 1. The molecule has 3 fully saturated rings. The molecule has 0 bridgehead atoms. The number of carbonyl (C=O) groups is 3. The molecule has 0 aromatic heterocycles. The topological polar surface area (TPSA) is 106 Å². The number of nitrogens with zero attached hydrogens (tertiary/aromatic N) is 4. The molecule has 3 aliphatic heterocycles. The van der Waals surface area contributed by atoms with Crippen molar-refractivity contribution in [1.82, 2.24) is 20.0 Å². The zero-order valence-electron chi connectivity index (χ0n) is 25.2. The lowest BCUT2D eigenvalue weighted by molar-refractivity contribution is -0.150. The summed E-state index contributed by atoms with van der Waals surface area (Å²) in [5, 5.41) is 12.2. The number of unbranched alkanes of at least 4 members (excludes halogenated alkanes) is 7. The Balaban J connectivity index is 1.13. The zero-order valence-corrected chi connectivity index (χ0v) is 25.2. The highest BCUT2D eigenvalue weighted by Crippen LogP contribution is 2.25. The van der Waals surface area contributed by atoms with Crippen LogP contribution in [0.3, 0.4) is 0 Å². The first-order valence-electron chi connectivity index (χ1n) is 16.1. The number of rotatable bonds is 16. The van der Waals surface area contributed by atoms with Gasteiger partial charge in [-0.25, -0.2) is 4.39 Å². The third kappa shape index (κ3) is 11.2. The molecule has 0 unspecified atom stereocenters. The highest BCUT2D eigenvalue weighted by atomic mass is 19.1. The van der Waals surface area contributed by atoms with Gasteiger partial charge in [-0.2, -0.15) is 5.26 Å². The van der Waals surface area contributed by atoms with E-state index >= 15 is 0 Å². The van der Waals surface area contributed by atoms with Crippen molar-refractivity contribution in [3.05, 3.63) is 0 Å². The number of esters is 1. The quantitative estimate of drug-likeness (QED) is 0.220. The number of ether oxygens (including phenoxy) is 1. The summed E-state index contributed by atoms with van der Waals surface area (Å²) in [7, 11) is 0. The van der Waals surface area contributed by atoms with E-state index in [1.165, 1.54) is 17.7 Å². The number of halogens is 1. The van der Waals surface area contributed by atoms with Crippen molar-refractivity contribution in [3.8, 4) is 6.07 Å². The van der Waals surface area contributed by atoms with Crippen LogP contribution in [0.25, 0.3) is 0 Å². The van der Waals surface area contributed by atoms with Crippen LogP contribution in [-0.2, 0) is 19.1 Å². The number of carbonyl (C=O) groups excluding carboxylic acids is 3. The Morgan fingerprint density at radius 1 is 0.927 bits per heavy atom. The van der Waals surface area contributed by atoms with Gasteiger partial charge < -0.3 is 19.9 Å². The maximum Gasteiger partial charge on any atom is 0.310 e. The van der Waals surface area contributed by atoms with Gasteiger partial charge in [0.1, 0.15) is 12.2 Å². The molecule has 10 heteroatoms. The van der Waals surface area contributed by atoms with Gasteiger partial charge in [-0.3, -0.25) is 19.3 Å². The summed E-state index contributed by atoms with van der Waals surface area (Å²) in [6.45, 7) is 6.73. The fourth-order valence-electron chi connectivity index (χ4n) is 6.50. The maximum atomic E-state index is 13.5. The molecule has 3 heterocycles. The van der Waals surface area contributed by atoms with Gasteiger partial charge in [-0.05, 0) is 58.5 Å². The largest absolute Gasteiger partial charge is 0.466 e. The number of nitriles is 1. The Hall–Kier alpha value is -2.25. The number of likely N-dealkylation sites (tertiary alicyclic amines) is 3. The minimum Gasteiger partial charge on any atom is -0.466 e. The molecule has 3 rings (SSSR count). The van der Waals surface area contributed by atoms with E-state index in [0.29, 0.717) is 19.1 Å². The van der Waals surface area contributed by atoms with Gasteiger partial charge in [-0.15, -0.1) is 0 Å². The summed E-state index contributed by atoms with van der Waals surface area (Å²) in [4.78, 5) is 42.9. The third-order valence-corrected chi connectivity index (χ3v) is 8.90. The standard InChI is InChI=1S/C31H52FN5O4/c1-2-41-31(40)25-12-11-17-36(23-25)27-14-18-35(19-15-27)29(38)13-9-7-5-3-4-6-8-10-16-34-22-30(39)37-24-26(32)20-28(37)21-33/h25-28,34H,2-20,22-24H2,1H3/t25-,26+,28+/m1/s1. The lowest BCUT2D eigenvalue weighted by Crippen LogP contribution is -2.50. The SMILES string of the molecule is CCOC(=O)[C@@H]1CCCN(C2CCN(C(=O)CCCCCCCCCCNCC(=O)N3C[C@@H](F)C[C@H]3C#N)CC2)C1. The first-order valence-corrected chi connectivity index (χ1v) is 16.1. The lowest BCUT2D eigenvalue weighted by Gasteiger charge is -2.41. The van der Waals surface area contributed by atoms with E-state index in [4.69, 9.17) is 10.00 Å². The number of hydrogen-bond acceptors (Lipinski definition) is 7. The summed E-state index contributed by atoms with van der Waals surface area (Å²) in [5.41, 5.74) is 0. The molecule has 2 amide bonds. The van der Waals surface area contributed by atoms with Crippen molar-refractivity contribution in [1.29, 1.82) is 5.26 Å². The molecule has 1 N–H and O–H groups in total. The molecule has 0 aromatic carbocycles. The zero-order chi connectivity index (χ0) is 29.5. The second-order valence-corrected chi connectivity index (χ2v) is 12.0. The van der Waals surface area contributed by atoms with Crippen LogP contribution in [-0.4, -0.2) is 103 Å². The van der Waals surface area contributed by atoms with Crippen molar-refractivity contribution in [2.75, 3.05) is 52.4 Å². The molecule has 41 heavy (non-hydrogen) atoms. The molecule has 3 atom stereocenters. The number of alkyl halides is 1. The normalized spacial score (nSPS) is 23.9. The van der Waals surface area contributed by atoms with Crippen LogP contribution in [0, 0.1) is 17.2 Å². The van der Waals surface area contributed by atoms with Gasteiger partial charge in [0, 0.05) is 38.5 Å². The van der Waals surface area contributed by atoms with E-state index in [0.717, 1.165) is 96.9 Å². The van der Waals surface area contributed by atoms with Gasteiger partial charge in [0.05, 0.1) is 31.7 Å². The average molecular weight is 578 g/mol. The molecule has 0 spiro atoms. The molecule has 3 saturated heterocycles. The highest BCUT2D eigenvalue weighted by molar-refractivity contribution is 5.79. The van der Waals surface area contributed by atoms with Crippen LogP contribution in [0.4, 0.5) is 4.39 Å². The van der Waals surface area contributed by atoms with Crippen LogP contribution in [0.2, 0.25) is 0 Å². The average Bonchev–Trinajstić information content (AvgIpc) is 3.38. The smallest absolute Gasteiger partial charge is 0.310 e. The summed E-state index contributed by atoms with van der Waals surface area (Å²) < 4.78 is 18.7. The van der Waals surface area contributed by atoms with Gasteiger partial charge in [-0.1, -0.05) is 38.5 Å². The van der Waals surface area contributed by atoms with Gasteiger partial charge >= 0.3 is 5.97 Å². The highest BCUT2D eigenvalue weighted by Gasteiger charge is 2.35. The predicted molar refractivity (Wildman–Crippen MR) is 156 cm³/mol. The molecule has 232 valence electrons. The molecular weight excluding hydrogens is 525 g/mol. The first kappa shape index (κ1) is 33.3. The van der Waals surface area contributed by atoms with Crippen LogP contribution in [0.1, 0.15) is 96.8 Å². The Bertz CT molecular complexity index is 860. The summed E-state index contributed by atoms with van der Waals surface area (Å²) >= 11 is 0. The van der Waals surface area contributed by atoms with Crippen molar-refractivity contribution in [2.24, 2.45) is 5.92 Å². The maximum absolute atomic E-state index is 13.5. The van der Waals surface area contributed by atoms with E-state index in [-0.39, 0.29) is 43.2 Å². The number of amides is 2. The van der Waals surface area contributed by atoms with Crippen LogP contribution in [0.5, 0.6) is 0 Å². The van der Waals surface area contributed by atoms with E-state index in [1.54, 1.807) is 0 Å². The minimum absolute atomic E-state index is 0.00399. The van der Waals surface area contributed by atoms with Crippen LogP contribution in [0.15, 0.2) is 0 Å². The van der Waals surface area contributed by atoms with Crippen LogP contribution >= 0.6 is 0 Å². The number of piperidine rings is 2. The molecule has 3 aliphatic rings. The summed E-state index contributed by atoms with van der Waals surface area (Å²) in [6.07, 6.45) is 12.4. The van der Waals surface area contributed by atoms with E-state index in [9.17, 15) is 18.8 Å². The molecule has 0 aromatic rings. The summed E-state index contributed by atoms with van der Waals surface area (Å²) in [5.74, 6) is 0.0322. The molecule has 0 aliphatic carbocycles. The van der Waals surface area contributed by atoms with Crippen LogP contribution < -0.4 is 5.32 Å². The fourth-order valence-corrected chi connectivity index (χ4v) is 6.50. The predicted octanol–water partition coefficient (Wildman–Crippen LogP) is 3.82. The van der Waals surface area contributed by atoms with Crippen molar-refractivity contribution in [3.63, 3.8) is 0 Å². The van der Waals surface area contributed by atoms with Crippen molar-refractivity contribution in [2.45, 2.75) is 115 Å². The van der Waals surface area contributed by atoms with Crippen molar-refractivity contribution >= 4 is 17.8 Å². The van der Waals surface area contributed by atoms with E-state index < -0.39 is 12.2 Å². The summed E-state index contributed by atoms with van der Waals surface area (Å²) in [6, 6.07) is 1.85. The number of hydrogen-bond donors (Lipinski definition) is 1. The van der Waals surface area contributed by atoms with Gasteiger partial charge in [0.15, 0.2) is 0 Å². The fraction of sp³-hybridized carbons (Fsp3) is 0.871. The molecule has 0 radical (unpaired) electrons. The second-order valence-electron chi connectivity index (χ2n) is 12.0. The van der Waals surface area contributed by atoms with Gasteiger partial charge in [0.25, 0.3) is 0 Å². The van der Waals surface area contributed by atoms with E-state index in [1.807, 2.05) is 17.9 Å². The first-order chi connectivity index (χ1) is 19.9. The minimum atomic E-state index is -1.09. The second kappa shape index (κ2) is 18.3. The molecular formula is C31H52FN5O4. The Kier molecular flexibility index (Phi) is 14.9. The van der Waals surface area contributed by atoms with Crippen molar-refractivity contribution < 1.29 is 23.5 Å². The molecule has 0 saturated carbocycles. The monoisotopic (exact) mass is 577 g/mol.